The van der Waals surface area contributed by atoms with Crippen LogP contribution in [0.4, 0.5) is 0 Å². The molecular weight excluding hydrogens is 306 g/mol. The first kappa shape index (κ1) is 17.7. The van der Waals surface area contributed by atoms with Crippen LogP contribution >= 0.6 is 0 Å². The molecule has 6 nitrogen and oxygen atoms in total. The van der Waals surface area contributed by atoms with Gasteiger partial charge in [0.25, 0.3) is 0 Å². The standard InChI is InChI=1S/C18H23N3O3/c1-12(17-13(2)19-20(4)14(17)3)18(24)21(11-16(22)23)10-15-8-6-5-7-9-15/h5-9,12H,10-11H2,1-4H3,(H,22,23)/t12-/m0/s1. The lowest BCUT2D eigenvalue weighted by Gasteiger charge is -2.24. The molecule has 2 rings (SSSR count). The van der Waals surface area contributed by atoms with E-state index in [1.54, 1.807) is 11.6 Å². The third-order valence-electron chi connectivity index (χ3n) is 4.22. The Hall–Kier alpha value is -2.63. The summed E-state index contributed by atoms with van der Waals surface area (Å²) in [4.78, 5) is 25.5. The Morgan fingerprint density at radius 3 is 2.38 bits per heavy atom. The number of amides is 1. The van der Waals surface area contributed by atoms with Crippen LogP contribution in [-0.4, -0.2) is 38.2 Å². The lowest BCUT2D eigenvalue weighted by Crippen LogP contribution is -2.38. The minimum atomic E-state index is -1.02. The second-order valence-electron chi connectivity index (χ2n) is 6.00. The fourth-order valence-corrected chi connectivity index (χ4v) is 2.99. The van der Waals surface area contributed by atoms with E-state index < -0.39 is 11.9 Å². The van der Waals surface area contributed by atoms with E-state index in [4.69, 9.17) is 5.11 Å². The van der Waals surface area contributed by atoms with E-state index in [9.17, 15) is 9.59 Å². The molecule has 0 spiro atoms. The van der Waals surface area contributed by atoms with Gasteiger partial charge < -0.3 is 10.0 Å². The van der Waals surface area contributed by atoms with Gasteiger partial charge in [-0.1, -0.05) is 30.3 Å². The molecule has 2 aromatic rings. The number of aryl methyl sites for hydroxylation is 2. The average molecular weight is 329 g/mol. The second kappa shape index (κ2) is 7.29. The molecule has 0 saturated heterocycles. The highest BCUT2D eigenvalue weighted by atomic mass is 16.4. The van der Waals surface area contributed by atoms with Gasteiger partial charge in [0.1, 0.15) is 6.54 Å². The molecule has 0 radical (unpaired) electrons. The van der Waals surface area contributed by atoms with Gasteiger partial charge in [-0.05, 0) is 26.3 Å². The molecule has 1 amide bonds. The summed E-state index contributed by atoms with van der Waals surface area (Å²) in [5.41, 5.74) is 3.49. The highest BCUT2D eigenvalue weighted by molar-refractivity contribution is 5.86. The Labute approximate surface area is 141 Å². The number of benzene rings is 1. The fraction of sp³-hybridized carbons (Fsp3) is 0.389. The molecule has 0 fully saturated rings. The first-order chi connectivity index (χ1) is 11.3. The van der Waals surface area contributed by atoms with Crippen LogP contribution in [0.2, 0.25) is 0 Å². The molecule has 1 aromatic carbocycles. The van der Waals surface area contributed by atoms with Crippen molar-refractivity contribution in [3.63, 3.8) is 0 Å². The van der Waals surface area contributed by atoms with Crippen molar-refractivity contribution < 1.29 is 14.7 Å². The fourth-order valence-electron chi connectivity index (χ4n) is 2.99. The van der Waals surface area contributed by atoms with Crippen LogP contribution in [-0.2, 0) is 23.2 Å². The van der Waals surface area contributed by atoms with Gasteiger partial charge in [0.2, 0.25) is 5.91 Å². The first-order valence-electron chi connectivity index (χ1n) is 7.85. The zero-order valence-electron chi connectivity index (χ0n) is 14.5. The number of carbonyl (C=O) groups is 2. The molecule has 6 heteroatoms. The summed E-state index contributed by atoms with van der Waals surface area (Å²) in [6.45, 7) is 5.53. The molecule has 128 valence electrons. The van der Waals surface area contributed by atoms with Crippen molar-refractivity contribution in [3.8, 4) is 0 Å². The molecule has 1 aromatic heterocycles. The van der Waals surface area contributed by atoms with Crippen molar-refractivity contribution in [2.24, 2.45) is 7.05 Å². The van der Waals surface area contributed by atoms with E-state index in [0.29, 0.717) is 0 Å². The van der Waals surface area contributed by atoms with Crippen molar-refractivity contribution in [2.45, 2.75) is 33.2 Å². The van der Waals surface area contributed by atoms with Gasteiger partial charge in [-0.15, -0.1) is 0 Å². The maximum absolute atomic E-state index is 12.9. The third-order valence-corrected chi connectivity index (χ3v) is 4.22. The largest absolute Gasteiger partial charge is 0.480 e. The number of carbonyl (C=O) groups excluding carboxylic acids is 1. The number of carboxylic acid groups (broad SMARTS) is 1. The summed E-state index contributed by atoms with van der Waals surface area (Å²) in [6.07, 6.45) is 0. The topological polar surface area (TPSA) is 75.4 Å². The van der Waals surface area contributed by atoms with Gasteiger partial charge in [-0.3, -0.25) is 14.3 Å². The van der Waals surface area contributed by atoms with Gasteiger partial charge in [0, 0.05) is 24.8 Å². The molecule has 0 unspecified atom stereocenters. The smallest absolute Gasteiger partial charge is 0.323 e. The molecule has 0 aliphatic rings. The highest BCUT2D eigenvalue weighted by Crippen LogP contribution is 2.25. The van der Waals surface area contributed by atoms with Gasteiger partial charge in [-0.25, -0.2) is 0 Å². The quantitative estimate of drug-likeness (QED) is 0.882. The number of hydrogen-bond acceptors (Lipinski definition) is 3. The lowest BCUT2D eigenvalue weighted by molar-refractivity contribution is -0.145. The van der Waals surface area contributed by atoms with Crippen molar-refractivity contribution in [1.82, 2.24) is 14.7 Å². The number of nitrogens with zero attached hydrogens (tertiary/aromatic N) is 3. The third kappa shape index (κ3) is 3.82. The SMILES string of the molecule is Cc1nn(C)c(C)c1[C@H](C)C(=O)N(CC(=O)O)Cc1ccccc1. The Morgan fingerprint density at radius 2 is 1.88 bits per heavy atom. The summed E-state index contributed by atoms with van der Waals surface area (Å²) in [5.74, 6) is -1.67. The van der Waals surface area contributed by atoms with Crippen LogP contribution in [0.5, 0.6) is 0 Å². The van der Waals surface area contributed by atoms with Crippen LogP contribution in [0.25, 0.3) is 0 Å². The minimum Gasteiger partial charge on any atom is -0.480 e. The molecular formula is C18H23N3O3. The van der Waals surface area contributed by atoms with Gasteiger partial charge in [0.05, 0.1) is 11.6 Å². The summed E-state index contributed by atoms with van der Waals surface area (Å²) >= 11 is 0. The van der Waals surface area contributed by atoms with Gasteiger partial charge in [0.15, 0.2) is 0 Å². The van der Waals surface area contributed by atoms with Crippen LogP contribution in [0.15, 0.2) is 30.3 Å². The average Bonchev–Trinajstić information content (AvgIpc) is 2.78. The minimum absolute atomic E-state index is 0.208. The number of hydrogen-bond donors (Lipinski definition) is 1. The molecule has 24 heavy (non-hydrogen) atoms. The van der Waals surface area contributed by atoms with E-state index >= 15 is 0 Å². The first-order valence-corrected chi connectivity index (χ1v) is 7.85. The van der Waals surface area contributed by atoms with Crippen LogP contribution in [0.3, 0.4) is 0 Å². The highest BCUT2D eigenvalue weighted by Gasteiger charge is 2.28. The predicted molar refractivity (Wildman–Crippen MR) is 90.6 cm³/mol. The summed E-state index contributed by atoms with van der Waals surface area (Å²) < 4.78 is 1.74. The van der Waals surface area contributed by atoms with Crippen LogP contribution < -0.4 is 0 Å². The summed E-state index contributed by atoms with van der Waals surface area (Å²) in [5, 5.41) is 13.5. The molecule has 0 bridgehead atoms. The second-order valence-corrected chi connectivity index (χ2v) is 6.00. The number of rotatable bonds is 6. The maximum atomic E-state index is 12.9. The van der Waals surface area contributed by atoms with E-state index in [0.717, 1.165) is 22.5 Å². The maximum Gasteiger partial charge on any atom is 0.323 e. The summed E-state index contributed by atoms with van der Waals surface area (Å²) in [7, 11) is 1.84. The normalized spacial score (nSPS) is 12.0. The number of carboxylic acids is 1. The molecule has 1 N–H and O–H groups in total. The summed E-state index contributed by atoms with van der Waals surface area (Å²) in [6, 6.07) is 9.40. The number of aromatic nitrogens is 2. The predicted octanol–water partition coefficient (Wildman–Crippen LogP) is 2.25. The van der Waals surface area contributed by atoms with E-state index in [1.165, 1.54) is 4.90 Å². The van der Waals surface area contributed by atoms with Crippen molar-refractivity contribution in [1.29, 1.82) is 0 Å². The monoisotopic (exact) mass is 329 g/mol. The van der Waals surface area contributed by atoms with Gasteiger partial charge >= 0.3 is 5.97 Å². The van der Waals surface area contributed by atoms with Crippen LogP contribution in [0.1, 0.15) is 35.4 Å². The molecule has 0 aliphatic carbocycles. The van der Waals surface area contributed by atoms with Crippen molar-refractivity contribution >= 4 is 11.9 Å². The van der Waals surface area contributed by atoms with E-state index in [2.05, 4.69) is 5.10 Å². The Morgan fingerprint density at radius 1 is 1.25 bits per heavy atom. The zero-order valence-corrected chi connectivity index (χ0v) is 14.5. The molecule has 1 atom stereocenters. The molecule has 1 heterocycles. The molecule has 0 saturated carbocycles. The Balaban J connectivity index is 2.28. The van der Waals surface area contributed by atoms with E-state index in [-0.39, 0.29) is 19.0 Å². The Kier molecular flexibility index (Phi) is 5.39. The van der Waals surface area contributed by atoms with Crippen molar-refractivity contribution in [3.05, 3.63) is 52.8 Å². The number of aliphatic carboxylic acids is 1. The zero-order chi connectivity index (χ0) is 17.9. The Bertz CT molecular complexity index is 737. The lowest BCUT2D eigenvalue weighted by atomic mass is 9.97. The van der Waals surface area contributed by atoms with E-state index in [1.807, 2.05) is 51.2 Å². The van der Waals surface area contributed by atoms with Crippen molar-refractivity contribution in [2.75, 3.05) is 6.54 Å². The van der Waals surface area contributed by atoms with Crippen LogP contribution in [0, 0.1) is 13.8 Å². The molecule has 0 aliphatic heterocycles. The van der Waals surface area contributed by atoms with Gasteiger partial charge in [-0.2, -0.15) is 5.10 Å².